The van der Waals surface area contributed by atoms with Crippen LogP contribution in [0, 0.1) is 17.8 Å². The quantitative estimate of drug-likeness (QED) is 0.832. The SMILES string of the molecule is CCCC1CCN(Cc2ccc(C#CCCO)cc2)C1. The minimum Gasteiger partial charge on any atom is -0.395 e. The third-order valence-electron chi connectivity index (χ3n) is 3.90. The van der Waals surface area contributed by atoms with Gasteiger partial charge in [-0.15, -0.1) is 0 Å². The summed E-state index contributed by atoms with van der Waals surface area (Å²) in [4.78, 5) is 2.56. The fourth-order valence-corrected chi connectivity index (χ4v) is 2.87. The number of aliphatic hydroxyl groups is 1. The van der Waals surface area contributed by atoms with Crippen LogP contribution in [0.15, 0.2) is 24.3 Å². The summed E-state index contributed by atoms with van der Waals surface area (Å²) in [6, 6.07) is 8.52. The van der Waals surface area contributed by atoms with Crippen LogP contribution >= 0.6 is 0 Å². The molecule has 20 heavy (non-hydrogen) atoms. The minimum atomic E-state index is 0.138. The van der Waals surface area contributed by atoms with Gasteiger partial charge in [-0.3, -0.25) is 4.90 Å². The van der Waals surface area contributed by atoms with Gasteiger partial charge < -0.3 is 5.11 Å². The first kappa shape index (κ1) is 15.1. The van der Waals surface area contributed by atoms with E-state index >= 15 is 0 Å². The van der Waals surface area contributed by atoms with Gasteiger partial charge in [0.15, 0.2) is 0 Å². The van der Waals surface area contributed by atoms with Crippen molar-refractivity contribution in [2.24, 2.45) is 5.92 Å². The molecule has 1 fully saturated rings. The van der Waals surface area contributed by atoms with E-state index in [2.05, 4.69) is 47.9 Å². The molecule has 1 heterocycles. The average molecular weight is 271 g/mol. The van der Waals surface area contributed by atoms with Crippen molar-refractivity contribution in [3.8, 4) is 11.8 Å². The molecule has 2 nitrogen and oxygen atoms in total. The van der Waals surface area contributed by atoms with Crippen molar-refractivity contribution in [1.82, 2.24) is 4.90 Å². The highest BCUT2D eigenvalue weighted by Crippen LogP contribution is 2.22. The Morgan fingerprint density at radius 2 is 2.10 bits per heavy atom. The number of hydrogen-bond donors (Lipinski definition) is 1. The van der Waals surface area contributed by atoms with Crippen molar-refractivity contribution < 1.29 is 5.11 Å². The van der Waals surface area contributed by atoms with Gasteiger partial charge in [0, 0.05) is 25.1 Å². The first-order valence-electron chi connectivity index (χ1n) is 7.73. The van der Waals surface area contributed by atoms with Crippen LogP contribution < -0.4 is 0 Å². The molecule has 0 radical (unpaired) electrons. The Morgan fingerprint density at radius 1 is 1.30 bits per heavy atom. The fraction of sp³-hybridized carbons (Fsp3) is 0.556. The molecule has 1 atom stereocenters. The summed E-state index contributed by atoms with van der Waals surface area (Å²) in [7, 11) is 0. The molecular weight excluding hydrogens is 246 g/mol. The molecule has 2 rings (SSSR count). The summed E-state index contributed by atoms with van der Waals surface area (Å²) in [6.45, 7) is 5.97. The van der Waals surface area contributed by atoms with Crippen LogP contribution in [0.3, 0.4) is 0 Å². The van der Waals surface area contributed by atoms with Gasteiger partial charge >= 0.3 is 0 Å². The van der Waals surface area contributed by atoms with E-state index in [4.69, 9.17) is 5.11 Å². The van der Waals surface area contributed by atoms with Gasteiger partial charge in [-0.2, -0.15) is 0 Å². The summed E-state index contributed by atoms with van der Waals surface area (Å²) in [5.41, 5.74) is 2.40. The number of rotatable bonds is 5. The van der Waals surface area contributed by atoms with Crippen molar-refractivity contribution >= 4 is 0 Å². The molecule has 0 spiro atoms. The van der Waals surface area contributed by atoms with Gasteiger partial charge in [0.1, 0.15) is 0 Å². The van der Waals surface area contributed by atoms with Gasteiger partial charge in [0.2, 0.25) is 0 Å². The molecule has 108 valence electrons. The van der Waals surface area contributed by atoms with Crippen LogP contribution in [-0.2, 0) is 6.54 Å². The second kappa shape index (κ2) is 8.09. The van der Waals surface area contributed by atoms with Crippen molar-refractivity contribution in [1.29, 1.82) is 0 Å². The van der Waals surface area contributed by atoms with Crippen molar-refractivity contribution in [2.75, 3.05) is 19.7 Å². The Balaban J connectivity index is 1.84. The van der Waals surface area contributed by atoms with E-state index < -0.39 is 0 Å². The average Bonchev–Trinajstić information content (AvgIpc) is 2.89. The van der Waals surface area contributed by atoms with E-state index in [0.717, 1.165) is 18.0 Å². The lowest BCUT2D eigenvalue weighted by Crippen LogP contribution is -2.20. The van der Waals surface area contributed by atoms with Crippen molar-refractivity contribution in [3.63, 3.8) is 0 Å². The molecule has 0 bridgehead atoms. The van der Waals surface area contributed by atoms with E-state index in [1.165, 1.54) is 37.9 Å². The number of likely N-dealkylation sites (tertiary alicyclic amines) is 1. The summed E-state index contributed by atoms with van der Waals surface area (Å²) < 4.78 is 0. The lowest BCUT2D eigenvalue weighted by Gasteiger charge is -2.16. The van der Waals surface area contributed by atoms with Gasteiger partial charge in [-0.25, -0.2) is 0 Å². The predicted molar refractivity (Wildman–Crippen MR) is 83.3 cm³/mol. The van der Waals surface area contributed by atoms with Crippen LogP contribution in [0.5, 0.6) is 0 Å². The molecule has 1 aliphatic heterocycles. The topological polar surface area (TPSA) is 23.5 Å². The number of nitrogens with zero attached hydrogens (tertiary/aromatic N) is 1. The van der Waals surface area contributed by atoms with Gasteiger partial charge in [-0.05, 0) is 43.0 Å². The molecule has 1 aromatic carbocycles. The van der Waals surface area contributed by atoms with Gasteiger partial charge in [-0.1, -0.05) is 37.3 Å². The molecule has 2 heteroatoms. The first-order chi connectivity index (χ1) is 9.81. The lowest BCUT2D eigenvalue weighted by atomic mass is 10.0. The summed E-state index contributed by atoms with van der Waals surface area (Å²) in [5.74, 6) is 6.93. The Hall–Kier alpha value is -1.30. The zero-order valence-corrected chi connectivity index (χ0v) is 12.4. The standard InChI is InChI=1S/C18H25NO/c1-2-5-17-11-12-19(14-17)15-18-9-7-16(8-10-18)6-3-4-13-20/h7-10,17,20H,2,4-5,11-15H2,1H3. The van der Waals surface area contributed by atoms with Crippen molar-refractivity contribution in [2.45, 2.75) is 39.2 Å². The molecule has 1 unspecified atom stereocenters. The predicted octanol–water partition coefficient (Wildman–Crippen LogP) is 3.04. The van der Waals surface area contributed by atoms with Crippen LogP contribution in [-0.4, -0.2) is 29.7 Å². The smallest absolute Gasteiger partial charge is 0.0540 e. The second-order valence-electron chi connectivity index (χ2n) is 5.65. The Labute approximate surface area is 122 Å². The number of benzene rings is 1. The molecular formula is C18H25NO. The number of hydrogen-bond acceptors (Lipinski definition) is 2. The Bertz CT molecular complexity index is 455. The third kappa shape index (κ3) is 4.67. The normalized spacial score (nSPS) is 18.8. The highest BCUT2D eigenvalue weighted by molar-refractivity contribution is 5.36. The van der Waals surface area contributed by atoms with E-state index in [9.17, 15) is 0 Å². The first-order valence-corrected chi connectivity index (χ1v) is 7.73. The molecule has 1 aliphatic rings. The zero-order chi connectivity index (χ0) is 14.2. The van der Waals surface area contributed by atoms with E-state index in [1.807, 2.05) is 0 Å². The lowest BCUT2D eigenvalue weighted by molar-refractivity contribution is 0.305. The summed E-state index contributed by atoms with van der Waals surface area (Å²) in [5, 5.41) is 8.70. The second-order valence-corrected chi connectivity index (χ2v) is 5.65. The van der Waals surface area contributed by atoms with E-state index in [1.54, 1.807) is 0 Å². The van der Waals surface area contributed by atoms with Crippen LogP contribution in [0.4, 0.5) is 0 Å². The van der Waals surface area contributed by atoms with Crippen LogP contribution in [0.25, 0.3) is 0 Å². The zero-order valence-electron chi connectivity index (χ0n) is 12.4. The molecule has 1 saturated heterocycles. The van der Waals surface area contributed by atoms with Gasteiger partial charge in [0.25, 0.3) is 0 Å². The van der Waals surface area contributed by atoms with Crippen molar-refractivity contribution in [3.05, 3.63) is 35.4 Å². The van der Waals surface area contributed by atoms with E-state index in [0.29, 0.717) is 6.42 Å². The summed E-state index contributed by atoms with van der Waals surface area (Å²) in [6.07, 6.45) is 4.59. The molecule has 1 aromatic rings. The van der Waals surface area contributed by atoms with Gasteiger partial charge in [0.05, 0.1) is 6.61 Å². The third-order valence-corrected chi connectivity index (χ3v) is 3.90. The Kier molecular flexibility index (Phi) is 6.11. The monoisotopic (exact) mass is 271 g/mol. The highest BCUT2D eigenvalue weighted by atomic mass is 16.2. The fourth-order valence-electron chi connectivity index (χ4n) is 2.87. The molecule has 0 saturated carbocycles. The summed E-state index contributed by atoms with van der Waals surface area (Å²) >= 11 is 0. The minimum absolute atomic E-state index is 0.138. The molecule has 0 aromatic heterocycles. The van der Waals surface area contributed by atoms with Crippen LogP contribution in [0.2, 0.25) is 0 Å². The maximum atomic E-state index is 8.70. The van der Waals surface area contributed by atoms with Crippen LogP contribution in [0.1, 0.15) is 43.7 Å². The number of aliphatic hydroxyl groups excluding tert-OH is 1. The molecule has 0 aliphatic carbocycles. The molecule has 1 N–H and O–H groups in total. The highest BCUT2D eigenvalue weighted by Gasteiger charge is 2.21. The van der Waals surface area contributed by atoms with E-state index in [-0.39, 0.29) is 6.61 Å². The maximum absolute atomic E-state index is 8.70. The maximum Gasteiger partial charge on any atom is 0.0540 e. The molecule has 0 amide bonds. The largest absolute Gasteiger partial charge is 0.395 e. The Morgan fingerprint density at radius 3 is 2.80 bits per heavy atom.